The van der Waals surface area contributed by atoms with Gasteiger partial charge in [-0.2, -0.15) is 0 Å². The van der Waals surface area contributed by atoms with Crippen LogP contribution >= 0.6 is 0 Å². The fraction of sp³-hybridized carbons (Fsp3) is 0.421. The SMILES string of the molecule is CCCCc1ccc(C(C)N[C@H](C)c2cccnc2)cc1. The number of aromatic nitrogens is 1. The van der Waals surface area contributed by atoms with Gasteiger partial charge in [0, 0.05) is 24.5 Å². The number of nitrogens with zero attached hydrogens (tertiary/aromatic N) is 1. The number of unbranched alkanes of at least 4 members (excludes halogenated alkanes) is 1. The molecule has 2 aromatic rings. The number of pyridine rings is 1. The van der Waals surface area contributed by atoms with Crippen LogP contribution in [0.4, 0.5) is 0 Å². The highest BCUT2D eigenvalue weighted by Gasteiger charge is 2.11. The zero-order valence-electron chi connectivity index (χ0n) is 13.3. The highest BCUT2D eigenvalue weighted by atomic mass is 14.9. The third-order valence-electron chi connectivity index (χ3n) is 3.98. The van der Waals surface area contributed by atoms with E-state index in [1.54, 1.807) is 0 Å². The second kappa shape index (κ2) is 7.94. The molecule has 0 aliphatic rings. The van der Waals surface area contributed by atoms with Gasteiger partial charge in [0.1, 0.15) is 0 Å². The summed E-state index contributed by atoms with van der Waals surface area (Å²) in [5.41, 5.74) is 4.00. The van der Waals surface area contributed by atoms with Crippen LogP contribution in [0.15, 0.2) is 48.8 Å². The van der Waals surface area contributed by atoms with Gasteiger partial charge in [-0.15, -0.1) is 0 Å². The maximum absolute atomic E-state index is 4.19. The second-order valence-electron chi connectivity index (χ2n) is 5.74. The van der Waals surface area contributed by atoms with Crippen LogP contribution in [0.1, 0.15) is 62.4 Å². The summed E-state index contributed by atoms with van der Waals surface area (Å²) >= 11 is 0. The Hall–Kier alpha value is -1.67. The van der Waals surface area contributed by atoms with Crippen LogP contribution in [0.3, 0.4) is 0 Å². The van der Waals surface area contributed by atoms with E-state index in [-0.39, 0.29) is 0 Å². The van der Waals surface area contributed by atoms with Crippen molar-refractivity contribution >= 4 is 0 Å². The lowest BCUT2D eigenvalue weighted by atomic mass is 10.0. The summed E-state index contributed by atoms with van der Waals surface area (Å²) in [6.45, 7) is 6.64. The van der Waals surface area contributed by atoms with Crippen LogP contribution in [0.25, 0.3) is 0 Å². The van der Waals surface area contributed by atoms with Crippen LogP contribution in [0.2, 0.25) is 0 Å². The zero-order chi connectivity index (χ0) is 15.1. The van der Waals surface area contributed by atoms with E-state index in [1.807, 2.05) is 18.5 Å². The van der Waals surface area contributed by atoms with E-state index in [4.69, 9.17) is 0 Å². The third-order valence-corrected chi connectivity index (χ3v) is 3.98. The number of nitrogens with one attached hydrogen (secondary N) is 1. The molecule has 1 heterocycles. The lowest BCUT2D eigenvalue weighted by molar-refractivity contribution is 0.493. The molecule has 2 atom stereocenters. The monoisotopic (exact) mass is 282 g/mol. The molecule has 21 heavy (non-hydrogen) atoms. The van der Waals surface area contributed by atoms with Crippen molar-refractivity contribution in [2.24, 2.45) is 0 Å². The van der Waals surface area contributed by atoms with Crippen LogP contribution in [0, 0.1) is 0 Å². The van der Waals surface area contributed by atoms with Crippen molar-refractivity contribution in [2.45, 2.75) is 52.1 Å². The quantitative estimate of drug-likeness (QED) is 0.786. The van der Waals surface area contributed by atoms with Gasteiger partial charge in [0.2, 0.25) is 0 Å². The highest BCUT2D eigenvalue weighted by molar-refractivity contribution is 5.25. The van der Waals surface area contributed by atoms with Gasteiger partial charge in [-0.1, -0.05) is 43.7 Å². The molecule has 0 fully saturated rings. The first-order chi connectivity index (χ1) is 10.2. The third kappa shape index (κ3) is 4.68. The summed E-state index contributed by atoms with van der Waals surface area (Å²) in [6.07, 6.45) is 7.45. The first-order valence-corrected chi connectivity index (χ1v) is 7.95. The van der Waals surface area contributed by atoms with E-state index < -0.39 is 0 Å². The number of hydrogen-bond donors (Lipinski definition) is 1. The van der Waals surface area contributed by atoms with Gasteiger partial charge in [-0.25, -0.2) is 0 Å². The second-order valence-corrected chi connectivity index (χ2v) is 5.74. The molecule has 1 aromatic heterocycles. The molecule has 0 spiro atoms. The maximum atomic E-state index is 4.19. The zero-order valence-corrected chi connectivity index (χ0v) is 13.3. The van der Waals surface area contributed by atoms with E-state index in [1.165, 1.54) is 36.0 Å². The van der Waals surface area contributed by atoms with Gasteiger partial charge in [-0.3, -0.25) is 4.98 Å². The minimum atomic E-state index is 0.300. The molecule has 0 bridgehead atoms. The predicted molar refractivity (Wildman–Crippen MR) is 89.3 cm³/mol. The van der Waals surface area contributed by atoms with Gasteiger partial charge in [0.05, 0.1) is 0 Å². The first kappa shape index (κ1) is 15.7. The Morgan fingerprint density at radius 2 is 1.71 bits per heavy atom. The molecule has 0 saturated carbocycles. The summed E-state index contributed by atoms with van der Waals surface area (Å²) < 4.78 is 0. The van der Waals surface area contributed by atoms with Crippen molar-refractivity contribution in [2.75, 3.05) is 0 Å². The standard InChI is InChI=1S/C19H26N2/c1-4-5-7-17-9-11-18(12-10-17)15(2)21-16(3)19-8-6-13-20-14-19/h6,8-16,21H,4-5,7H2,1-3H3/t15?,16-/m1/s1. The smallest absolute Gasteiger partial charge is 0.0315 e. The molecule has 0 radical (unpaired) electrons. The Bertz CT molecular complexity index is 519. The fourth-order valence-corrected chi connectivity index (χ4v) is 2.55. The molecule has 1 N–H and O–H groups in total. The molecule has 0 aliphatic heterocycles. The molecule has 0 aliphatic carbocycles. The van der Waals surface area contributed by atoms with Crippen LogP contribution in [-0.4, -0.2) is 4.98 Å². The van der Waals surface area contributed by atoms with Crippen LogP contribution in [0.5, 0.6) is 0 Å². The normalized spacial score (nSPS) is 13.9. The number of aryl methyl sites for hydroxylation is 1. The Morgan fingerprint density at radius 3 is 2.33 bits per heavy atom. The summed E-state index contributed by atoms with van der Waals surface area (Å²) in [4.78, 5) is 4.19. The van der Waals surface area contributed by atoms with E-state index in [2.05, 4.69) is 61.4 Å². The lowest BCUT2D eigenvalue weighted by Gasteiger charge is -2.20. The molecular weight excluding hydrogens is 256 g/mol. The average Bonchev–Trinajstić information content (AvgIpc) is 2.54. The molecule has 2 rings (SSSR count). The lowest BCUT2D eigenvalue weighted by Crippen LogP contribution is -2.22. The van der Waals surface area contributed by atoms with E-state index in [0.29, 0.717) is 12.1 Å². The minimum absolute atomic E-state index is 0.300. The Balaban J connectivity index is 1.95. The van der Waals surface area contributed by atoms with Gasteiger partial charge in [-0.05, 0) is 49.4 Å². The van der Waals surface area contributed by atoms with Crippen molar-refractivity contribution in [3.63, 3.8) is 0 Å². The largest absolute Gasteiger partial charge is 0.304 e. The van der Waals surface area contributed by atoms with Crippen LogP contribution < -0.4 is 5.32 Å². The van der Waals surface area contributed by atoms with Crippen molar-refractivity contribution in [1.82, 2.24) is 10.3 Å². The van der Waals surface area contributed by atoms with Gasteiger partial charge in [0.15, 0.2) is 0 Å². The molecule has 1 aromatic carbocycles. The summed E-state index contributed by atoms with van der Waals surface area (Å²) in [5.74, 6) is 0. The van der Waals surface area contributed by atoms with E-state index >= 15 is 0 Å². The molecule has 0 saturated heterocycles. The fourth-order valence-electron chi connectivity index (χ4n) is 2.55. The minimum Gasteiger partial charge on any atom is -0.304 e. The van der Waals surface area contributed by atoms with Crippen molar-refractivity contribution in [3.05, 3.63) is 65.5 Å². The Kier molecular flexibility index (Phi) is 5.94. The molecule has 1 unspecified atom stereocenters. The Labute approximate surface area is 128 Å². The number of hydrogen-bond acceptors (Lipinski definition) is 2. The number of rotatable bonds is 7. The summed E-state index contributed by atoms with van der Waals surface area (Å²) in [6, 6.07) is 13.8. The highest BCUT2D eigenvalue weighted by Crippen LogP contribution is 2.19. The van der Waals surface area contributed by atoms with Crippen molar-refractivity contribution in [3.8, 4) is 0 Å². The van der Waals surface area contributed by atoms with Gasteiger partial charge in [0.25, 0.3) is 0 Å². The molecule has 2 heteroatoms. The summed E-state index contributed by atoms with van der Waals surface area (Å²) in [7, 11) is 0. The maximum Gasteiger partial charge on any atom is 0.0315 e. The summed E-state index contributed by atoms with van der Waals surface area (Å²) in [5, 5.41) is 3.64. The Morgan fingerprint density at radius 1 is 1.00 bits per heavy atom. The molecular formula is C19H26N2. The predicted octanol–water partition coefficient (Wildman–Crippen LogP) is 4.84. The van der Waals surface area contributed by atoms with Gasteiger partial charge < -0.3 is 5.32 Å². The van der Waals surface area contributed by atoms with Gasteiger partial charge >= 0.3 is 0 Å². The number of benzene rings is 1. The van der Waals surface area contributed by atoms with E-state index in [0.717, 1.165) is 0 Å². The molecule has 2 nitrogen and oxygen atoms in total. The first-order valence-electron chi connectivity index (χ1n) is 7.95. The molecule has 112 valence electrons. The van der Waals surface area contributed by atoms with Crippen LogP contribution in [-0.2, 0) is 6.42 Å². The van der Waals surface area contributed by atoms with Crippen molar-refractivity contribution < 1.29 is 0 Å². The van der Waals surface area contributed by atoms with E-state index in [9.17, 15) is 0 Å². The average molecular weight is 282 g/mol. The van der Waals surface area contributed by atoms with Crippen molar-refractivity contribution in [1.29, 1.82) is 0 Å². The molecule has 0 amide bonds. The topological polar surface area (TPSA) is 24.9 Å².